The van der Waals surface area contributed by atoms with Crippen LogP contribution >= 0.6 is 11.3 Å². The maximum Gasteiger partial charge on any atom is 0.243 e. The van der Waals surface area contributed by atoms with Crippen molar-refractivity contribution in [2.45, 2.75) is 31.2 Å². The number of phenols is 1. The molecule has 4 N–H and O–H groups in total. The number of amides is 1. The Kier molecular flexibility index (Phi) is 3.90. The zero-order valence-electron chi connectivity index (χ0n) is 11.5. The SMILES string of the molecule is N[C@H](Cc1ccc(O)cc1)C(=O)Nc1nc(C2CC2)cs1. The summed E-state index contributed by atoms with van der Waals surface area (Å²) in [6.45, 7) is 0. The number of benzene rings is 1. The van der Waals surface area contributed by atoms with Crippen molar-refractivity contribution >= 4 is 22.4 Å². The summed E-state index contributed by atoms with van der Waals surface area (Å²) < 4.78 is 0. The van der Waals surface area contributed by atoms with Crippen molar-refractivity contribution < 1.29 is 9.90 Å². The second-order valence-corrected chi connectivity index (χ2v) is 6.18. The fraction of sp³-hybridized carbons (Fsp3) is 0.333. The van der Waals surface area contributed by atoms with Crippen molar-refractivity contribution in [1.82, 2.24) is 4.98 Å². The molecule has 1 aliphatic carbocycles. The predicted octanol–water partition coefficient (Wildman–Crippen LogP) is 2.23. The average Bonchev–Trinajstić information content (AvgIpc) is 3.22. The summed E-state index contributed by atoms with van der Waals surface area (Å²) in [5, 5.41) is 14.6. The van der Waals surface area contributed by atoms with E-state index in [4.69, 9.17) is 5.73 Å². The number of phenolic OH excluding ortho intramolecular Hbond substituents is 1. The Morgan fingerprint density at radius 2 is 2.14 bits per heavy atom. The molecule has 5 nitrogen and oxygen atoms in total. The van der Waals surface area contributed by atoms with Gasteiger partial charge >= 0.3 is 0 Å². The third-order valence-electron chi connectivity index (χ3n) is 3.48. The Morgan fingerprint density at radius 1 is 1.43 bits per heavy atom. The van der Waals surface area contributed by atoms with Gasteiger partial charge in [-0.3, -0.25) is 4.79 Å². The van der Waals surface area contributed by atoms with E-state index in [0.29, 0.717) is 17.5 Å². The lowest BCUT2D eigenvalue weighted by atomic mass is 10.1. The van der Waals surface area contributed by atoms with Gasteiger partial charge in [-0.1, -0.05) is 12.1 Å². The summed E-state index contributed by atoms with van der Waals surface area (Å²) >= 11 is 1.44. The highest BCUT2D eigenvalue weighted by Crippen LogP contribution is 2.40. The second kappa shape index (κ2) is 5.83. The van der Waals surface area contributed by atoms with Gasteiger partial charge in [0.05, 0.1) is 11.7 Å². The van der Waals surface area contributed by atoms with Crippen molar-refractivity contribution in [2.24, 2.45) is 5.73 Å². The molecule has 1 fully saturated rings. The number of nitrogens with zero attached hydrogens (tertiary/aromatic N) is 1. The third kappa shape index (κ3) is 3.59. The van der Waals surface area contributed by atoms with Crippen LogP contribution in [0.25, 0.3) is 0 Å². The highest BCUT2D eigenvalue weighted by atomic mass is 32.1. The van der Waals surface area contributed by atoms with Gasteiger partial charge in [0.25, 0.3) is 0 Å². The smallest absolute Gasteiger partial charge is 0.243 e. The number of aromatic nitrogens is 1. The lowest BCUT2D eigenvalue weighted by molar-refractivity contribution is -0.117. The van der Waals surface area contributed by atoms with Gasteiger partial charge in [0.15, 0.2) is 5.13 Å². The minimum atomic E-state index is -0.636. The minimum Gasteiger partial charge on any atom is -0.508 e. The van der Waals surface area contributed by atoms with E-state index < -0.39 is 6.04 Å². The first kappa shape index (κ1) is 14.0. The lowest BCUT2D eigenvalue weighted by Crippen LogP contribution is -2.37. The Balaban J connectivity index is 1.57. The van der Waals surface area contributed by atoms with E-state index in [2.05, 4.69) is 10.3 Å². The molecule has 1 atom stereocenters. The number of hydrogen-bond acceptors (Lipinski definition) is 5. The van der Waals surface area contributed by atoms with Gasteiger partial charge in [-0.05, 0) is 37.0 Å². The van der Waals surface area contributed by atoms with E-state index in [-0.39, 0.29) is 11.7 Å². The first-order valence-corrected chi connectivity index (χ1v) is 7.79. The topological polar surface area (TPSA) is 88.2 Å². The van der Waals surface area contributed by atoms with E-state index in [0.717, 1.165) is 11.3 Å². The molecule has 0 aliphatic heterocycles. The fourth-order valence-corrected chi connectivity index (χ4v) is 2.88. The average molecular weight is 303 g/mol. The highest BCUT2D eigenvalue weighted by Gasteiger charge is 2.26. The van der Waals surface area contributed by atoms with Crippen molar-refractivity contribution in [3.63, 3.8) is 0 Å². The number of anilines is 1. The lowest BCUT2D eigenvalue weighted by Gasteiger charge is -2.10. The summed E-state index contributed by atoms with van der Waals surface area (Å²) in [4.78, 5) is 16.5. The largest absolute Gasteiger partial charge is 0.508 e. The Labute approximate surface area is 126 Å². The molecule has 1 aromatic carbocycles. The van der Waals surface area contributed by atoms with Crippen LogP contribution in [0.15, 0.2) is 29.6 Å². The van der Waals surface area contributed by atoms with Crippen LogP contribution in [0.1, 0.15) is 30.0 Å². The molecule has 0 radical (unpaired) electrons. The van der Waals surface area contributed by atoms with Crippen LogP contribution in [0, 0.1) is 0 Å². The van der Waals surface area contributed by atoms with Gasteiger partial charge in [-0.15, -0.1) is 11.3 Å². The molecule has 0 bridgehead atoms. The molecule has 2 aromatic rings. The van der Waals surface area contributed by atoms with Crippen LogP contribution in [0.2, 0.25) is 0 Å². The highest BCUT2D eigenvalue weighted by molar-refractivity contribution is 7.13. The van der Waals surface area contributed by atoms with E-state index in [1.165, 1.54) is 24.2 Å². The van der Waals surface area contributed by atoms with Gasteiger partial charge in [0.1, 0.15) is 5.75 Å². The predicted molar refractivity (Wildman–Crippen MR) is 82.5 cm³/mol. The summed E-state index contributed by atoms with van der Waals surface area (Å²) in [5.74, 6) is 0.546. The fourth-order valence-electron chi connectivity index (χ4n) is 2.09. The molecule has 110 valence electrons. The molecule has 0 saturated heterocycles. The molecule has 1 saturated carbocycles. The molecular formula is C15H17N3O2S. The molecule has 1 aliphatic rings. The molecular weight excluding hydrogens is 286 g/mol. The van der Waals surface area contributed by atoms with Crippen molar-refractivity contribution in [2.75, 3.05) is 5.32 Å². The Morgan fingerprint density at radius 3 is 2.81 bits per heavy atom. The number of thiazole rings is 1. The van der Waals surface area contributed by atoms with Gasteiger partial charge in [-0.2, -0.15) is 0 Å². The quantitative estimate of drug-likeness (QED) is 0.790. The maximum absolute atomic E-state index is 12.1. The van der Waals surface area contributed by atoms with E-state index in [1.807, 2.05) is 5.38 Å². The molecule has 6 heteroatoms. The minimum absolute atomic E-state index is 0.201. The number of hydrogen-bond donors (Lipinski definition) is 3. The van der Waals surface area contributed by atoms with Crippen LogP contribution in [-0.2, 0) is 11.2 Å². The molecule has 0 unspecified atom stereocenters. The Hall–Kier alpha value is -1.92. The molecule has 21 heavy (non-hydrogen) atoms. The maximum atomic E-state index is 12.1. The van der Waals surface area contributed by atoms with Crippen LogP contribution in [0.5, 0.6) is 5.75 Å². The normalized spacial score (nSPS) is 15.7. The Bertz CT molecular complexity index is 635. The third-order valence-corrected chi connectivity index (χ3v) is 4.25. The van der Waals surface area contributed by atoms with Crippen molar-refractivity contribution in [3.05, 3.63) is 40.9 Å². The van der Waals surface area contributed by atoms with Crippen LogP contribution < -0.4 is 11.1 Å². The standard InChI is InChI=1S/C15H17N3O2S/c16-12(7-9-1-5-11(19)6-2-9)14(20)18-15-17-13(8-21-15)10-3-4-10/h1-2,5-6,8,10,12,19H,3-4,7,16H2,(H,17,18,20)/t12-/m1/s1. The van der Waals surface area contributed by atoms with Gasteiger partial charge in [0.2, 0.25) is 5.91 Å². The summed E-state index contributed by atoms with van der Waals surface area (Å²) in [6, 6.07) is 6.06. The monoisotopic (exact) mass is 303 g/mol. The molecule has 3 rings (SSSR count). The number of aromatic hydroxyl groups is 1. The molecule has 1 amide bonds. The molecule has 1 heterocycles. The zero-order chi connectivity index (χ0) is 14.8. The number of carbonyl (C=O) groups excluding carboxylic acids is 1. The van der Waals surface area contributed by atoms with Crippen LogP contribution in [-0.4, -0.2) is 22.0 Å². The summed E-state index contributed by atoms with van der Waals surface area (Å²) in [5.41, 5.74) is 7.90. The number of rotatable bonds is 5. The van der Waals surface area contributed by atoms with E-state index >= 15 is 0 Å². The van der Waals surface area contributed by atoms with Gasteiger partial charge in [-0.25, -0.2) is 4.98 Å². The van der Waals surface area contributed by atoms with E-state index in [1.54, 1.807) is 24.3 Å². The van der Waals surface area contributed by atoms with Gasteiger partial charge < -0.3 is 16.2 Å². The second-order valence-electron chi connectivity index (χ2n) is 5.32. The van der Waals surface area contributed by atoms with Gasteiger partial charge in [0, 0.05) is 11.3 Å². The first-order valence-electron chi connectivity index (χ1n) is 6.91. The number of nitrogens with two attached hydrogens (primary N) is 1. The van der Waals surface area contributed by atoms with Crippen molar-refractivity contribution in [3.8, 4) is 5.75 Å². The van der Waals surface area contributed by atoms with Crippen molar-refractivity contribution in [1.29, 1.82) is 0 Å². The number of carbonyl (C=O) groups is 1. The summed E-state index contributed by atoms with van der Waals surface area (Å²) in [7, 11) is 0. The summed E-state index contributed by atoms with van der Waals surface area (Å²) in [6.07, 6.45) is 2.81. The molecule has 0 spiro atoms. The van der Waals surface area contributed by atoms with Crippen LogP contribution in [0.3, 0.4) is 0 Å². The number of nitrogens with one attached hydrogen (secondary N) is 1. The van der Waals surface area contributed by atoms with Crippen LogP contribution in [0.4, 0.5) is 5.13 Å². The first-order chi connectivity index (χ1) is 10.1. The zero-order valence-corrected chi connectivity index (χ0v) is 12.3. The van der Waals surface area contributed by atoms with E-state index in [9.17, 15) is 9.90 Å². The molecule has 1 aromatic heterocycles.